The SMILES string of the molecule is CCCN1CCN(C(C)CNCC(F)(F)F)CC1. The van der Waals surface area contributed by atoms with Gasteiger partial charge in [-0.2, -0.15) is 13.2 Å². The predicted octanol–water partition coefficient (Wildman–Crippen LogP) is 1.55. The first kappa shape index (κ1) is 15.7. The second kappa shape index (κ2) is 7.31. The molecule has 1 atom stereocenters. The Bertz CT molecular complexity index is 225. The van der Waals surface area contributed by atoms with Crippen LogP contribution in [0.2, 0.25) is 0 Å². The molecule has 0 spiro atoms. The van der Waals surface area contributed by atoms with Gasteiger partial charge >= 0.3 is 6.18 Å². The molecule has 1 heterocycles. The summed E-state index contributed by atoms with van der Waals surface area (Å²) in [4.78, 5) is 4.67. The van der Waals surface area contributed by atoms with Crippen LogP contribution in [0.1, 0.15) is 20.3 Å². The first-order valence-corrected chi connectivity index (χ1v) is 6.66. The zero-order chi connectivity index (χ0) is 13.6. The van der Waals surface area contributed by atoms with Crippen LogP contribution in [0.3, 0.4) is 0 Å². The fourth-order valence-electron chi connectivity index (χ4n) is 2.30. The highest BCUT2D eigenvalue weighted by molar-refractivity contribution is 4.77. The van der Waals surface area contributed by atoms with E-state index in [1.54, 1.807) is 0 Å². The van der Waals surface area contributed by atoms with Crippen molar-refractivity contribution in [2.75, 3.05) is 45.8 Å². The van der Waals surface area contributed by atoms with E-state index >= 15 is 0 Å². The number of piperazine rings is 1. The maximum absolute atomic E-state index is 12.0. The third-order valence-electron chi connectivity index (χ3n) is 3.34. The first-order chi connectivity index (χ1) is 8.42. The molecule has 0 saturated carbocycles. The van der Waals surface area contributed by atoms with Gasteiger partial charge in [-0.15, -0.1) is 0 Å². The lowest BCUT2D eigenvalue weighted by Gasteiger charge is -2.38. The molecule has 0 radical (unpaired) electrons. The molecular formula is C12H24F3N3. The number of halogens is 3. The number of hydrogen-bond acceptors (Lipinski definition) is 3. The molecule has 1 rings (SSSR count). The number of nitrogens with zero attached hydrogens (tertiary/aromatic N) is 2. The summed E-state index contributed by atoms with van der Waals surface area (Å²) in [6, 6.07) is 0.163. The van der Waals surface area contributed by atoms with Gasteiger partial charge in [0, 0.05) is 38.8 Å². The van der Waals surface area contributed by atoms with Crippen molar-refractivity contribution in [3.63, 3.8) is 0 Å². The average molecular weight is 267 g/mol. The summed E-state index contributed by atoms with van der Waals surface area (Å²) < 4.78 is 36.0. The van der Waals surface area contributed by atoms with E-state index in [-0.39, 0.29) is 6.04 Å². The Morgan fingerprint density at radius 3 is 2.28 bits per heavy atom. The number of rotatable bonds is 6. The van der Waals surface area contributed by atoms with E-state index in [1.165, 1.54) is 0 Å². The Hall–Kier alpha value is -0.330. The van der Waals surface area contributed by atoms with E-state index < -0.39 is 12.7 Å². The lowest BCUT2D eigenvalue weighted by atomic mass is 10.2. The molecule has 0 aromatic rings. The van der Waals surface area contributed by atoms with Crippen molar-refractivity contribution in [2.45, 2.75) is 32.5 Å². The largest absolute Gasteiger partial charge is 0.401 e. The van der Waals surface area contributed by atoms with E-state index in [2.05, 4.69) is 22.0 Å². The molecule has 1 unspecified atom stereocenters. The van der Waals surface area contributed by atoms with Crippen LogP contribution < -0.4 is 5.32 Å². The first-order valence-electron chi connectivity index (χ1n) is 6.66. The van der Waals surface area contributed by atoms with Crippen molar-refractivity contribution in [2.24, 2.45) is 0 Å². The van der Waals surface area contributed by atoms with Gasteiger partial charge in [0.25, 0.3) is 0 Å². The average Bonchev–Trinajstić information content (AvgIpc) is 2.28. The molecule has 0 bridgehead atoms. The smallest absolute Gasteiger partial charge is 0.307 e. The predicted molar refractivity (Wildman–Crippen MR) is 66.7 cm³/mol. The maximum Gasteiger partial charge on any atom is 0.401 e. The Kier molecular flexibility index (Phi) is 6.38. The van der Waals surface area contributed by atoms with Gasteiger partial charge in [0.1, 0.15) is 0 Å². The molecule has 3 nitrogen and oxygen atoms in total. The van der Waals surface area contributed by atoms with E-state index in [0.29, 0.717) is 6.54 Å². The highest BCUT2D eigenvalue weighted by Gasteiger charge is 2.27. The van der Waals surface area contributed by atoms with Gasteiger partial charge in [0.2, 0.25) is 0 Å². The van der Waals surface area contributed by atoms with E-state index in [1.807, 2.05) is 6.92 Å². The van der Waals surface area contributed by atoms with Gasteiger partial charge in [0.05, 0.1) is 6.54 Å². The third kappa shape index (κ3) is 6.02. The summed E-state index contributed by atoms with van der Waals surface area (Å²) in [6.07, 6.45) is -2.96. The third-order valence-corrected chi connectivity index (χ3v) is 3.34. The highest BCUT2D eigenvalue weighted by atomic mass is 19.4. The van der Waals surface area contributed by atoms with Crippen LogP contribution in [-0.4, -0.2) is 67.8 Å². The molecule has 1 aliphatic heterocycles. The van der Waals surface area contributed by atoms with Crippen LogP contribution in [0.4, 0.5) is 13.2 Å². The second-order valence-corrected chi connectivity index (χ2v) is 4.97. The van der Waals surface area contributed by atoms with Crippen LogP contribution >= 0.6 is 0 Å². The van der Waals surface area contributed by atoms with Gasteiger partial charge in [-0.3, -0.25) is 4.90 Å². The summed E-state index contributed by atoms with van der Waals surface area (Å²) in [7, 11) is 0. The summed E-state index contributed by atoms with van der Waals surface area (Å²) in [5, 5.41) is 2.48. The minimum Gasteiger partial charge on any atom is -0.307 e. The topological polar surface area (TPSA) is 18.5 Å². The quantitative estimate of drug-likeness (QED) is 0.788. The van der Waals surface area contributed by atoms with Crippen molar-refractivity contribution >= 4 is 0 Å². The molecule has 1 saturated heterocycles. The Labute approximate surface area is 107 Å². The van der Waals surface area contributed by atoms with E-state index in [4.69, 9.17) is 0 Å². The number of nitrogens with one attached hydrogen (secondary N) is 1. The van der Waals surface area contributed by atoms with Gasteiger partial charge in [-0.25, -0.2) is 0 Å². The zero-order valence-corrected chi connectivity index (χ0v) is 11.3. The molecule has 0 amide bonds. The second-order valence-electron chi connectivity index (χ2n) is 4.97. The lowest BCUT2D eigenvalue weighted by Crippen LogP contribution is -2.52. The summed E-state index contributed by atoms with van der Waals surface area (Å²) >= 11 is 0. The summed E-state index contributed by atoms with van der Waals surface area (Å²) in [6.45, 7) is 8.72. The van der Waals surface area contributed by atoms with Crippen LogP contribution in [0.25, 0.3) is 0 Å². The monoisotopic (exact) mass is 267 g/mol. The van der Waals surface area contributed by atoms with E-state index in [0.717, 1.165) is 39.1 Å². The molecule has 1 fully saturated rings. The minimum absolute atomic E-state index is 0.163. The Morgan fingerprint density at radius 2 is 1.78 bits per heavy atom. The summed E-state index contributed by atoms with van der Waals surface area (Å²) in [5.74, 6) is 0. The number of alkyl halides is 3. The van der Waals surface area contributed by atoms with E-state index in [9.17, 15) is 13.2 Å². The standard InChI is InChI=1S/C12H24F3N3/c1-3-4-17-5-7-18(8-6-17)11(2)9-16-10-12(13,14)15/h11,16H,3-10H2,1-2H3. The van der Waals surface area contributed by atoms with Crippen molar-refractivity contribution in [1.29, 1.82) is 0 Å². The van der Waals surface area contributed by atoms with Gasteiger partial charge in [-0.05, 0) is 19.9 Å². The Morgan fingerprint density at radius 1 is 1.17 bits per heavy atom. The van der Waals surface area contributed by atoms with Crippen molar-refractivity contribution in [3.8, 4) is 0 Å². The van der Waals surface area contributed by atoms with Crippen LogP contribution in [0.15, 0.2) is 0 Å². The molecule has 0 aliphatic carbocycles. The molecule has 1 N–H and O–H groups in total. The maximum atomic E-state index is 12.0. The minimum atomic E-state index is -4.11. The summed E-state index contributed by atoms with van der Waals surface area (Å²) in [5.41, 5.74) is 0. The molecule has 0 aromatic heterocycles. The van der Waals surface area contributed by atoms with Crippen LogP contribution in [-0.2, 0) is 0 Å². The van der Waals surface area contributed by atoms with Gasteiger partial charge < -0.3 is 10.2 Å². The van der Waals surface area contributed by atoms with Crippen LogP contribution in [0.5, 0.6) is 0 Å². The fraction of sp³-hybridized carbons (Fsp3) is 1.00. The molecule has 0 aromatic carbocycles. The van der Waals surface area contributed by atoms with Crippen molar-refractivity contribution in [3.05, 3.63) is 0 Å². The highest BCUT2D eigenvalue weighted by Crippen LogP contribution is 2.12. The van der Waals surface area contributed by atoms with Gasteiger partial charge in [0.15, 0.2) is 0 Å². The Balaban J connectivity index is 2.17. The van der Waals surface area contributed by atoms with Gasteiger partial charge in [-0.1, -0.05) is 6.92 Å². The molecular weight excluding hydrogens is 243 g/mol. The van der Waals surface area contributed by atoms with Crippen molar-refractivity contribution in [1.82, 2.24) is 15.1 Å². The molecule has 1 aliphatic rings. The number of hydrogen-bond donors (Lipinski definition) is 1. The zero-order valence-electron chi connectivity index (χ0n) is 11.3. The molecule has 108 valence electrons. The lowest BCUT2D eigenvalue weighted by molar-refractivity contribution is -0.125. The molecule has 18 heavy (non-hydrogen) atoms. The van der Waals surface area contributed by atoms with Crippen molar-refractivity contribution < 1.29 is 13.2 Å². The van der Waals surface area contributed by atoms with Crippen LogP contribution in [0, 0.1) is 0 Å². The fourth-order valence-corrected chi connectivity index (χ4v) is 2.30. The molecule has 6 heteroatoms. The normalized spacial score (nSPS) is 21.2.